The minimum atomic E-state index is -1.18. The van der Waals surface area contributed by atoms with Crippen LogP contribution in [0.15, 0.2) is 66.7 Å². The Labute approximate surface area is 310 Å². The Morgan fingerprint density at radius 3 is 2.23 bits per heavy atom. The van der Waals surface area contributed by atoms with Gasteiger partial charge in [-0.05, 0) is 73.6 Å². The van der Waals surface area contributed by atoms with Gasteiger partial charge in [0.15, 0.2) is 0 Å². The van der Waals surface area contributed by atoms with Crippen molar-refractivity contribution in [1.29, 1.82) is 0 Å². The summed E-state index contributed by atoms with van der Waals surface area (Å²) in [5.74, 6) is -1.46. The molecule has 282 valence electrons. The van der Waals surface area contributed by atoms with Crippen molar-refractivity contribution in [2.75, 3.05) is 24.9 Å². The summed E-state index contributed by atoms with van der Waals surface area (Å²) in [5.41, 5.74) is 2.23. The molecule has 2 aliphatic rings. The zero-order valence-corrected chi connectivity index (χ0v) is 30.9. The van der Waals surface area contributed by atoms with Crippen LogP contribution in [0.4, 0.5) is 21.0 Å². The second-order valence-corrected chi connectivity index (χ2v) is 14.1. The van der Waals surface area contributed by atoms with E-state index in [1.165, 1.54) is 14.2 Å². The first-order valence-corrected chi connectivity index (χ1v) is 18.0. The number of nitrogens with one attached hydrogen (secondary N) is 3. The first-order valence-electron chi connectivity index (χ1n) is 18.0. The second-order valence-electron chi connectivity index (χ2n) is 14.1. The van der Waals surface area contributed by atoms with Gasteiger partial charge in [-0.1, -0.05) is 63.4 Å². The minimum absolute atomic E-state index is 0.0841. The molecule has 0 bridgehead atoms. The van der Waals surface area contributed by atoms with Gasteiger partial charge in [-0.3, -0.25) is 14.4 Å². The number of aliphatic carboxylic acids is 1. The Morgan fingerprint density at radius 1 is 0.906 bits per heavy atom. The Hall–Kier alpha value is -5.59. The molecule has 2 atom stereocenters. The van der Waals surface area contributed by atoms with Gasteiger partial charge in [0.1, 0.15) is 23.1 Å². The van der Waals surface area contributed by atoms with Crippen LogP contribution >= 0.6 is 0 Å². The number of methoxy groups -OCH3 is 2. The van der Waals surface area contributed by atoms with Crippen LogP contribution in [0.2, 0.25) is 0 Å². The molecule has 1 heterocycles. The highest BCUT2D eigenvalue weighted by molar-refractivity contribution is 6.10. The molecule has 1 aliphatic heterocycles. The van der Waals surface area contributed by atoms with E-state index >= 15 is 0 Å². The lowest BCUT2D eigenvalue weighted by Gasteiger charge is -2.38. The maximum Gasteiger partial charge on any atom is 0.328 e. The minimum Gasteiger partial charge on any atom is -0.497 e. The van der Waals surface area contributed by atoms with Crippen molar-refractivity contribution >= 4 is 41.2 Å². The number of anilines is 2. The molecule has 1 saturated carbocycles. The molecule has 13 heteroatoms. The van der Waals surface area contributed by atoms with Gasteiger partial charge in [-0.2, -0.15) is 0 Å². The molecule has 13 nitrogen and oxygen atoms in total. The number of nitrogens with zero attached hydrogens (tertiary/aromatic N) is 2. The number of carboxylic acids is 1. The summed E-state index contributed by atoms with van der Waals surface area (Å²) in [5, 5.41) is 18.3. The maximum atomic E-state index is 14.6. The van der Waals surface area contributed by atoms with E-state index in [1.807, 2.05) is 45.0 Å². The molecule has 3 aromatic carbocycles. The number of urea groups is 2. The summed E-state index contributed by atoms with van der Waals surface area (Å²) in [6.45, 7) is 5.83. The van der Waals surface area contributed by atoms with Gasteiger partial charge in [-0.25, -0.2) is 14.5 Å². The number of rotatable bonds is 14. The molecule has 6 amide bonds. The molecule has 0 aromatic heterocycles. The van der Waals surface area contributed by atoms with Crippen LogP contribution in [-0.4, -0.2) is 70.6 Å². The number of carbonyl (C=O) groups is 5. The van der Waals surface area contributed by atoms with Crippen LogP contribution in [-0.2, 0) is 20.9 Å². The van der Waals surface area contributed by atoms with Crippen LogP contribution in [0.3, 0.4) is 0 Å². The zero-order valence-electron chi connectivity index (χ0n) is 30.9. The zero-order chi connectivity index (χ0) is 38.3. The van der Waals surface area contributed by atoms with Crippen LogP contribution in [0.1, 0.15) is 81.5 Å². The summed E-state index contributed by atoms with van der Waals surface area (Å²) < 4.78 is 10.8. The molecule has 1 aliphatic carbocycles. The van der Waals surface area contributed by atoms with Crippen molar-refractivity contribution in [3.63, 3.8) is 0 Å². The normalized spacial score (nSPS) is 16.3. The molecule has 1 unspecified atom stereocenters. The fourth-order valence-corrected chi connectivity index (χ4v) is 7.29. The Kier molecular flexibility index (Phi) is 12.3. The Morgan fingerprint density at radius 2 is 1.60 bits per heavy atom. The standard InChI is InChI=1S/C40H49N5O8/c1-25(2)21-33(36(48)42-32(23-35(46)47)30-18-17-29(52-4)22-34(30)53-5)45-37(49)40(19-9-6-10-20-40)44(39(45)51)24-27-13-15-28(16-14-27)41-38(50)43-31-12-8-7-11-26(31)3/h7-8,11-18,22,25,32-33H,6,9-10,19-21,23-24H2,1-5H3,(H,42,48)(H,46,47)(H2,41,43,50)/t32?,33-/m0/s1. The van der Waals surface area contributed by atoms with E-state index in [0.717, 1.165) is 35.3 Å². The summed E-state index contributed by atoms with van der Waals surface area (Å²) in [6.07, 6.45) is 3.08. The molecular formula is C40H49N5O8. The van der Waals surface area contributed by atoms with E-state index in [0.29, 0.717) is 41.3 Å². The van der Waals surface area contributed by atoms with Gasteiger partial charge in [0, 0.05) is 29.5 Å². The van der Waals surface area contributed by atoms with Gasteiger partial charge in [-0.15, -0.1) is 0 Å². The van der Waals surface area contributed by atoms with Crippen LogP contribution in [0.5, 0.6) is 11.5 Å². The number of benzene rings is 3. The van der Waals surface area contributed by atoms with Gasteiger partial charge in [0.25, 0.3) is 5.91 Å². The lowest BCUT2D eigenvalue weighted by Crippen LogP contribution is -2.53. The van der Waals surface area contributed by atoms with Crippen molar-refractivity contribution in [3.8, 4) is 11.5 Å². The van der Waals surface area contributed by atoms with E-state index < -0.39 is 53.9 Å². The van der Waals surface area contributed by atoms with Crippen molar-refractivity contribution in [1.82, 2.24) is 15.1 Å². The van der Waals surface area contributed by atoms with E-state index in [1.54, 1.807) is 47.4 Å². The Bertz CT molecular complexity index is 1820. The largest absolute Gasteiger partial charge is 0.497 e. The highest BCUT2D eigenvalue weighted by Crippen LogP contribution is 2.43. The molecule has 1 saturated heterocycles. The van der Waals surface area contributed by atoms with Gasteiger partial charge < -0.3 is 35.4 Å². The third kappa shape index (κ3) is 8.73. The average Bonchev–Trinajstić information content (AvgIpc) is 3.32. The van der Waals surface area contributed by atoms with E-state index in [-0.39, 0.29) is 18.9 Å². The third-order valence-electron chi connectivity index (χ3n) is 10.0. The average molecular weight is 728 g/mol. The van der Waals surface area contributed by atoms with Crippen molar-refractivity contribution < 1.29 is 38.6 Å². The Balaban J connectivity index is 1.39. The SMILES string of the molecule is COc1ccc(C(CC(=O)O)NC(=O)[C@H](CC(C)C)N2C(=O)N(Cc3ccc(NC(=O)Nc4ccccc4C)cc3)C3(CCCCC3)C2=O)c(OC)c1. The van der Waals surface area contributed by atoms with Crippen molar-refractivity contribution in [2.24, 2.45) is 5.92 Å². The number of aryl methyl sites for hydroxylation is 1. The number of amides is 6. The molecule has 3 aromatic rings. The van der Waals surface area contributed by atoms with E-state index in [4.69, 9.17) is 9.47 Å². The number of carboxylic acid groups (broad SMARTS) is 1. The summed E-state index contributed by atoms with van der Waals surface area (Å²) in [6, 6.07) is 16.3. The number of para-hydroxylation sites is 1. The van der Waals surface area contributed by atoms with E-state index in [2.05, 4.69) is 16.0 Å². The molecular weight excluding hydrogens is 678 g/mol. The van der Waals surface area contributed by atoms with Crippen LogP contribution in [0.25, 0.3) is 0 Å². The number of carbonyl (C=O) groups excluding carboxylic acids is 4. The first kappa shape index (κ1) is 38.6. The lowest BCUT2D eigenvalue weighted by molar-refractivity contribution is -0.142. The molecule has 1 spiro atoms. The summed E-state index contributed by atoms with van der Waals surface area (Å²) >= 11 is 0. The lowest BCUT2D eigenvalue weighted by atomic mass is 9.80. The number of ether oxygens (including phenoxy) is 2. The number of hydrogen-bond donors (Lipinski definition) is 4. The first-order chi connectivity index (χ1) is 25.4. The fourth-order valence-electron chi connectivity index (χ4n) is 7.29. The quantitative estimate of drug-likeness (QED) is 0.131. The van der Waals surface area contributed by atoms with Crippen LogP contribution < -0.4 is 25.4 Å². The summed E-state index contributed by atoms with van der Waals surface area (Å²) in [7, 11) is 2.93. The number of hydrogen-bond acceptors (Lipinski definition) is 7. The molecule has 53 heavy (non-hydrogen) atoms. The molecule has 0 radical (unpaired) electrons. The monoisotopic (exact) mass is 727 g/mol. The predicted molar refractivity (Wildman–Crippen MR) is 200 cm³/mol. The maximum absolute atomic E-state index is 14.6. The van der Waals surface area contributed by atoms with Crippen molar-refractivity contribution in [2.45, 2.75) is 89.9 Å². The third-order valence-corrected chi connectivity index (χ3v) is 10.0. The second kappa shape index (κ2) is 16.8. The van der Waals surface area contributed by atoms with E-state index in [9.17, 15) is 29.1 Å². The molecule has 5 rings (SSSR count). The van der Waals surface area contributed by atoms with Gasteiger partial charge >= 0.3 is 18.0 Å². The highest BCUT2D eigenvalue weighted by Gasteiger charge is 2.59. The van der Waals surface area contributed by atoms with Crippen molar-refractivity contribution in [3.05, 3.63) is 83.4 Å². The fraction of sp³-hybridized carbons (Fsp3) is 0.425. The molecule has 2 fully saturated rings. The predicted octanol–water partition coefficient (Wildman–Crippen LogP) is 6.87. The smallest absolute Gasteiger partial charge is 0.328 e. The topological polar surface area (TPSA) is 167 Å². The highest BCUT2D eigenvalue weighted by atomic mass is 16.5. The van der Waals surface area contributed by atoms with Gasteiger partial charge in [0.2, 0.25) is 5.91 Å². The van der Waals surface area contributed by atoms with Gasteiger partial charge in [0.05, 0.1) is 26.7 Å². The molecule has 4 N–H and O–H groups in total. The summed E-state index contributed by atoms with van der Waals surface area (Å²) in [4.78, 5) is 70.7. The number of imide groups is 1. The van der Waals surface area contributed by atoms with Crippen LogP contribution in [0, 0.1) is 12.8 Å².